The van der Waals surface area contributed by atoms with Gasteiger partial charge in [0.15, 0.2) is 5.96 Å². The first-order chi connectivity index (χ1) is 9.72. The molecular formula is C14H27N3O2S. The minimum absolute atomic E-state index is 0.448. The Hall–Kier alpha value is -0.460. The summed E-state index contributed by atoms with van der Waals surface area (Å²) < 4.78 is 5.29. The molecule has 0 amide bonds. The number of rotatable bonds is 5. The molecule has 3 N–H and O–H groups in total. The van der Waals surface area contributed by atoms with Crippen molar-refractivity contribution in [1.82, 2.24) is 10.6 Å². The highest BCUT2D eigenvalue weighted by Gasteiger charge is 2.29. The normalized spacial score (nSPS) is 26.5. The maximum absolute atomic E-state index is 10.4. The van der Waals surface area contributed by atoms with Crippen molar-refractivity contribution in [3.63, 3.8) is 0 Å². The van der Waals surface area contributed by atoms with Crippen molar-refractivity contribution in [3.8, 4) is 0 Å². The van der Waals surface area contributed by atoms with Crippen molar-refractivity contribution in [2.24, 2.45) is 4.99 Å². The second-order valence-corrected chi connectivity index (χ2v) is 6.96. The monoisotopic (exact) mass is 301 g/mol. The minimum Gasteiger partial charge on any atom is -0.388 e. The molecule has 2 saturated heterocycles. The first-order valence-corrected chi connectivity index (χ1v) is 8.71. The van der Waals surface area contributed by atoms with Gasteiger partial charge in [0.2, 0.25) is 0 Å². The van der Waals surface area contributed by atoms with Crippen molar-refractivity contribution in [1.29, 1.82) is 0 Å². The van der Waals surface area contributed by atoms with Crippen molar-refractivity contribution in [2.45, 2.75) is 43.5 Å². The quantitative estimate of drug-likeness (QED) is 0.522. The van der Waals surface area contributed by atoms with Crippen molar-refractivity contribution in [2.75, 3.05) is 38.6 Å². The standard InChI is InChI=1S/C14H27N3O2S/c1-2-15-13(16-10-12-4-3-9-20-12)17-11-14(18)5-7-19-8-6-14/h12,18H,2-11H2,1H3,(H2,15,16,17). The van der Waals surface area contributed by atoms with E-state index in [9.17, 15) is 5.11 Å². The zero-order chi connectivity index (χ0) is 14.3. The molecule has 5 nitrogen and oxygen atoms in total. The SMILES string of the molecule is CCNC(=NCC1(O)CCOCC1)NCC1CCCS1. The fraction of sp³-hybridized carbons (Fsp3) is 0.929. The number of thioether (sulfide) groups is 1. The van der Waals surface area contributed by atoms with E-state index < -0.39 is 5.60 Å². The van der Waals surface area contributed by atoms with Crippen LogP contribution in [0.1, 0.15) is 32.6 Å². The predicted molar refractivity (Wildman–Crippen MR) is 84.5 cm³/mol. The van der Waals surface area contributed by atoms with Crippen LogP contribution in [0.2, 0.25) is 0 Å². The second kappa shape index (κ2) is 8.10. The molecule has 2 aliphatic rings. The average molecular weight is 301 g/mol. The molecule has 0 aromatic heterocycles. The van der Waals surface area contributed by atoms with Crippen LogP contribution in [0.5, 0.6) is 0 Å². The maximum atomic E-state index is 10.4. The summed E-state index contributed by atoms with van der Waals surface area (Å²) in [4.78, 5) is 4.55. The number of aliphatic imine (C=N–C) groups is 1. The van der Waals surface area contributed by atoms with Crippen molar-refractivity contribution < 1.29 is 9.84 Å². The number of hydrogen-bond acceptors (Lipinski definition) is 4. The number of ether oxygens (including phenoxy) is 1. The van der Waals surface area contributed by atoms with Gasteiger partial charge in [-0.2, -0.15) is 11.8 Å². The highest BCUT2D eigenvalue weighted by molar-refractivity contribution is 8.00. The van der Waals surface area contributed by atoms with E-state index in [1.54, 1.807) is 0 Å². The van der Waals surface area contributed by atoms with E-state index in [2.05, 4.69) is 22.5 Å². The Morgan fingerprint density at radius 2 is 2.20 bits per heavy atom. The Morgan fingerprint density at radius 1 is 1.40 bits per heavy atom. The molecule has 2 heterocycles. The molecule has 0 radical (unpaired) electrons. The first kappa shape index (κ1) is 15.9. The molecule has 0 bridgehead atoms. The summed E-state index contributed by atoms with van der Waals surface area (Å²) in [5.74, 6) is 2.10. The van der Waals surface area contributed by atoms with Gasteiger partial charge in [-0.15, -0.1) is 0 Å². The summed E-state index contributed by atoms with van der Waals surface area (Å²) in [6, 6.07) is 0. The molecule has 6 heteroatoms. The zero-order valence-electron chi connectivity index (χ0n) is 12.4. The Bertz CT molecular complexity index is 314. The molecule has 2 rings (SSSR count). The van der Waals surface area contributed by atoms with Crippen LogP contribution in [0.4, 0.5) is 0 Å². The lowest BCUT2D eigenvalue weighted by Gasteiger charge is -2.30. The van der Waals surface area contributed by atoms with E-state index in [1.165, 1.54) is 18.6 Å². The minimum atomic E-state index is -0.692. The van der Waals surface area contributed by atoms with Gasteiger partial charge in [-0.1, -0.05) is 0 Å². The Morgan fingerprint density at radius 3 is 2.85 bits per heavy atom. The van der Waals surface area contributed by atoms with Gasteiger partial charge in [0.05, 0.1) is 12.1 Å². The molecule has 0 aromatic carbocycles. The molecule has 0 spiro atoms. The third-order valence-corrected chi connectivity index (χ3v) is 5.22. The van der Waals surface area contributed by atoms with E-state index in [4.69, 9.17) is 4.74 Å². The third kappa shape index (κ3) is 5.14. The molecule has 0 aliphatic carbocycles. The molecule has 2 aliphatic heterocycles. The summed E-state index contributed by atoms with van der Waals surface area (Å²) in [6.07, 6.45) is 3.96. The zero-order valence-corrected chi connectivity index (χ0v) is 13.2. The second-order valence-electron chi connectivity index (χ2n) is 5.55. The van der Waals surface area contributed by atoms with Gasteiger partial charge < -0.3 is 20.5 Å². The van der Waals surface area contributed by atoms with Gasteiger partial charge in [-0.25, -0.2) is 0 Å². The van der Waals surface area contributed by atoms with Crippen LogP contribution in [0.25, 0.3) is 0 Å². The van der Waals surface area contributed by atoms with E-state index in [0.29, 0.717) is 37.9 Å². The smallest absolute Gasteiger partial charge is 0.191 e. The molecule has 1 atom stereocenters. The van der Waals surface area contributed by atoms with Gasteiger partial charge >= 0.3 is 0 Å². The van der Waals surface area contributed by atoms with Crippen LogP contribution in [-0.2, 0) is 4.74 Å². The fourth-order valence-corrected chi connectivity index (χ4v) is 3.69. The van der Waals surface area contributed by atoms with E-state index in [1.807, 2.05) is 11.8 Å². The largest absolute Gasteiger partial charge is 0.388 e. The topological polar surface area (TPSA) is 65.9 Å². The average Bonchev–Trinajstić information content (AvgIpc) is 2.96. The summed E-state index contributed by atoms with van der Waals surface area (Å²) in [7, 11) is 0. The number of guanidine groups is 1. The van der Waals surface area contributed by atoms with E-state index >= 15 is 0 Å². The lowest BCUT2D eigenvalue weighted by atomic mass is 9.95. The van der Waals surface area contributed by atoms with Gasteiger partial charge in [-0.05, 0) is 25.5 Å². The Balaban J connectivity index is 1.80. The fourth-order valence-electron chi connectivity index (χ4n) is 2.49. The highest BCUT2D eigenvalue weighted by atomic mass is 32.2. The van der Waals surface area contributed by atoms with Crippen molar-refractivity contribution in [3.05, 3.63) is 0 Å². The summed E-state index contributed by atoms with van der Waals surface area (Å²) in [5.41, 5.74) is -0.692. The maximum Gasteiger partial charge on any atom is 0.191 e. The summed E-state index contributed by atoms with van der Waals surface area (Å²) >= 11 is 2.04. The van der Waals surface area contributed by atoms with Crippen LogP contribution in [0.15, 0.2) is 4.99 Å². The predicted octanol–water partition coefficient (Wildman–Crippen LogP) is 0.979. The Labute approximate surface area is 125 Å². The Kier molecular flexibility index (Phi) is 6.45. The lowest BCUT2D eigenvalue weighted by Crippen LogP contribution is -2.43. The van der Waals surface area contributed by atoms with E-state index in [0.717, 1.165) is 19.0 Å². The number of hydrogen-bond donors (Lipinski definition) is 3. The summed E-state index contributed by atoms with van der Waals surface area (Å²) in [5, 5.41) is 17.8. The van der Waals surface area contributed by atoms with Crippen LogP contribution in [-0.4, -0.2) is 60.5 Å². The molecule has 116 valence electrons. The van der Waals surface area contributed by atoms with Crippen LogP contribution >= 0.6 is 11.8 Å². The number of nitrogens with one attached hydrogen (secondary N) is 2. The van der Waals surface area contributed by atoms with Gasteiger partial charge in [0.25, 0.3) is 0 Å². The lowest BCUT2D eigenvalue weighted by molar-refractivity contribution is -0.0565. The molecule has 2 fully saturated rings. The first-order valence-electron chi connectivity index (χ1n) is 7.66. The number of nitrogens with zero attached hydrogens (tertiary/aromatic N) is 1. The van der Waals surface area contributed by atoms with Gasteiger partial charge in [-0.3, -0.25) is 4.99 Å². The summed E-state index contributed by atoms with van der Waals surface area (Å²) in [6.45, 7) is 5.57. The van der Waals surface area contributed by atoms with Crippen LogP contribution in [0.3, 0.4) is 0 Å². The molecule has 1 unspecified atom stereocenters. The molecule has 0 aromatic rings. The molecular weight excluding hydrogens is 274 g/mol. The van der Waals surface area contributed by atoms with E-state index in [-0.39, 0.29) is 0 Å². The van der Waals surface area contributed by atoms with Gasteiger partial charge in [0, 0.05) is 44.4 Å². The van der Waals surface area contributed by atoms with Crippen LogP contribution in [0, 0.1) is 0 Å². The third-order valence-electron chi connectivity index (χ3n) is 3.82. The van der Waals surface area contributed by atoms with Crippen molar-refractivity contribution >= 4 is 17.7 Å². The van der Waals surface area contributed by atoms with Crippen LogP contribution < -0.4 is 10.6 Å². The van der Waals surface area contributed by atoms with Gasteiger partial charge in [0.1, 0.15) is 0 Å². The molecule has 0 saturated carbocycles. The molecule has 20 heavy (non-hydrogen) atoms. The highest BCUT2D eigenvalue weighted by Crippen LogP contribution is 2.25. The number of aliphatic hydroxyl groups is 1.